The highest BCUT2D eigenvalue weighted by atomic mass is 32.1. The van der Waals surface area contributed by atoms with E-state index in [1.54, 1.807) is 30.4 Å². The Bertz CT molecular complexity index is 1440. The average Bonchev–Trinajstić information content (AvgIpc) is 3.42. The number of aryl methyl sites for hydroxylation is 1. The van der Waals surface area contributed by atoms with Gasteiger partial charge < -0.3 is 16.4 Å². The van der Waals surface area contributed by atoms with Crippen molar-refractivity contribution in [2.75, 3.05) is 11.9 Å². The average molecular weight is 524 g/mol. The summed E-state index contributed by atoms with van der Waals surface area (Å²) >= 11 is 1.71. The van der Waals surface area contributed by atoms with Gasteiger partial charge in [-0.05, 0) is 56.0 Å². The maximum absolute atomic E-state index is 13.3. The molecule has 2 heterocycles. The van der Waals surface area contributed by atoms with Crippen LogP contribution in [0, 0.1) is 11.6 Å². The molecule has 0 fully saturated rings. The van der Waals surface area contributed by atoms with E-state index in [9.17, 15) is 18.4 Å². The third-order valence-corrected chi connectivity index (χ3v) is 7.84. The monoisotopic (exact) mass is 523 g/mol. The van der Waals surface area contributed by atoms with Gasteiger partial charge in [0.25, 0.3) is 0 Å². The summed E-state index contributed by atoms with van der Waals surface area (Å²) in [6, 6.07) is 9.42. The van der Waals surface area contributed by atoms with Gasteiger partial charge in [0.1, 0.15) is 17.7 Å². The molecular formula is C27H27F2N5O2S. The Morgan fingerprint density at radius 1 is 1.19 bits per heavy atom. The number of thiazole rings is 1. The van der Waals surface area contributed by atoms with Gasteiger partial charge in [-0.3, -0.25) is 14.0 Å². The second-order valence-corrected chi connectivity index (χ2v) is 10.3. The van der Waals surface area contributed by atoms with E-state index in [0.717, 1.165) is 53.7 Å². The van der Waals surface area contributed by atoms with Crippen molar-refractivity contribution >= 4 is 33.8 Å². The summed E-state index contributed by atoms with van der Waals surface area (Å²) < 4.78 is 28.8. The van der Waals surface area contributed by atoms with E-state index in [1.807, 2.05) is 12.1 Å². The van der Waals surface area contributed by atoms with Crippen LogP contribution in [0.5, 0.6) is 0 Å². The Balaban J connectivity index is 1.20. The highest BCUT2D eigenvalue weighted by molar-refractivity contribution is 7.17. The highest BCUT2D eigenvalue weighted by Gasteiger charge is 2.25. The fraction of sp³-hybridized carbons (Fsp3) is 0.296. The number of fused-ring (bicyclic) bond motifs is 3. The first-order valence-electron chi connectivity index (χ1n) is 12.2. The summed E-state index contributed by atoms with van der Waals surface area (Å²) in [6.45, 7) is 2.20. The second-order valence-electron chi connectivity index (χ2n) is 9.33. The standard InChI is InChI=1S/C27H27F2N5O2S/c1-15(31-24(35)11-16-9-19(28)12-20(29)10-16)26(36)32-21-7-5-17(6-8-21)22-14-34-23-4-2-3-18(13-30)25(23)37-27(34)33-22/h5-10,12,14-15,18H,2-4,11,13,30H2,1H3,(H,31,35)(H,32,36)/t15-,18?/m1/s1. The van der Waals surface area contributed by atoms with Crippen molar-refractivity contribution in [2.45, 2.75) is 44.6 Å². The smallest absolute Gasteiger partial charge is 0.246 e. The number of anilines is 1. The summed E-state index contributed by atoms with van der Waals surface area (Å²) in [5.74, 6) is -2.02. The van der Waals surface area contributed by atoms with Crippen LogP contribution >= 0.6 is 11.3 Å². The molecule has 1 aliphatic carbocycles. The van der Waals surface area contributed by atoms with Crippen molar-refractivity contribution < 1.29 is 18.4 Å². The van der Waals surface area contributed by atoms with Crippen molar-refractivity contribution in [1.29, 1.82) is 0 Å². The van der Waals surface area contributed by atoms with Gasteiger partial charge in [-0.15, -0.1) is 11.3 Å². The molecule has 7 nitrogen and oxygen atoms in total. The molecule has 4 N–H and O–H groups in total. The van der Waals surface area contributed by atoms with Crippen molar-refractivity contribution in [2.24, 2.45) is 5.73 Å². The van der Waals surface area contributed by atoms with Crippen LogP contribution in [0.2, 0.25) is 0 Å². The number of rotatable bonds is 7. The van der Waals surface area contributed by atoms with Gasteiger partial charge >= 0.3 is 0 Å². The van der Waals surface area contributed by atoms with E-state index in [0.29, 0.717) is 18.2 Å². The number of benzene rings is 2. The molecule has 2 amide bonds. The van der Waals surface area contributed by atoms with Gasteiger partial charge in [-0.25, -0.2) is 13.8 Å². The number of imidazole rings is 1. The van der Waals surface area contributed by atoms with Gasteiger partial charge in [0, 0.05) is 46.5 Å². The summed E-state index contributed by atoms with van der Waals surface area (Å²) in [7, 11) is 0. The van der Waals surface area contributed by atoms with Crippen LogP contribution in [0.1, 0.15) is 41.8 Å². The molecular weight excluding hydrogens is 496 g/mol. The second kappa shape index (κ2) is 10.4. The van der Waals surface area contributed by atoms with E-state index < -0.39 is 29.5 Å². The molecule has 2 aromatic carbocycles. The van der Waals surface area contributed by atoms with Crippen molar-refractivity contribution in [3.63, 3.8) is 0 Å². The lowest BCUT2D eigenvalue weighted by Gasteiger charge is -2.20. The molecule has 5 rings (SSSR count). The van der Waals surface area contributed by atoms with Crippen molar-refractivity contribution in [3.8, 4) is 11.3 Å². The number of nitrogens with zero attached hydrogens (tertiary/aromatic N) is 2. The predicted molar refractivity (Wildman–Crippen MR) is 140 cm³/mol. The molecule has 0 aliphatic heterocycles. The normalized spacial score (nSPS) is 15.8. The van der Waals surface area contributed by atoms with E-state index in [1.165, 1.54) is 10.6 Å². The number of aromatic nitrogens is 2. The third-order valence-electron chi connectivity index (χ3n) is 6.58. The number of carbonyl (C=O) groups is 2. The molecule has 0 saturated heterocycles. The van der Waals surface area contributed by atoms with Crippen molar-refractivity contribution in [1.82, 2.24) is 14.7 Å². The maximum Gasteiger partial charge on any atom is 0.246 e. The first-order chi connectivity index (χ1) is 17.8. The minimum absolute atomic E-state index is 0.192. The molecule has 0 radical (unpaired) electrons. The lowest BCUT2D eigenvalue weighted by Crippen LogP contribution is -2.42. The van der Waals surface area contributed by atoms with Gasteiger partial charge in [-0.1, -0.05) is 12.1 Å². The number of halogens is 2. The minimum Gasteiger partial charge on any atom is -0.344 e. The van der Waals surface area contributed by atoms with Crippen LogP contribution in [0.4, 0.5) is 14.5 Å². The predicted octanol–water partition coefficient (Wildman–Crippen LogP) is 4.41. The number of carbonyl (C=O) groups excluding carboxylic acids is 2. The minimum atomic E-state index is -0.839. The molecule has 10 heteroatoms. The first-order valence-corrected chi connectivity index (χ1v) is 13.0. The van der Waals surface area contributed by atoms with Gasteiger partial charge in [0.15, 0.2) is 4.96 Å². The van der Waals surface area contributed by atoms with Crippen LogP contribution in [0.25, 0.3) is 16.2 Å². The molecule has 37 heavy (non-hydrogen) atoms. The third kappa shape index (κ3) is 5.40. The molecule has 192 valence electrons. The zero-order valence-corrected chi connectivity index (χ0v) is 21.1. The number of hydrogen-bond acceptors (Lipinski definition) is 5. The van der Waals surface area contributed by atoms with E-state index in [-0.39, 0.29) is 12.0 Å². The quantitative estimate of drug-likeness (QED) is 0.334. The highest BCUT2D eigenvalue weighted by Crippen LogP contribution is 2.38. The van der Waals surface area contributed by atoms with Crippen LogP contribution in [-0.4, -0.2) is 33.8 Å². The molecule has 0 spiro atoms. The summed E-state index contributed by atoms with van der Waals surface area (Å²) in [5, 5.41) is 5.33. The zero-order valence-electron chi connectivity index (χ0n) is 20.3. The summed E-state index contributed by atoms with van der Waals surface area (Å²) in [5.41, 5.74) is 9.82. The fourth-order valence-corrected chi connectivity index (χ4v) is 6.01. The van der Waals surface area contributed by atoms with E-state index in [2.05, 4.69) is 21.2 Å². The number of nitrogens with one attached hydrogen (secondary N) is 2. The zero-order chi connectivity index (χ0) is 26.1. The molecule has 2 aromatic heterocycles. The fourth-order valence-electron chi connectivity index (χ4n) is 4.71. The Labute approximate surface area is 216 Å². The summed E-state index contributed by atoms with van der Waals surface area (Å²) in [4.78, 5) is 31.9. The SMILES string of the molecule is C[C@@H](NC(=O)Cc1cc(F)cc(F)c1)C(=O)Nc1ccc(-c2cn3c4c(sc3n2)C(CN)CCC4)cc1. The topological polar surface area (TPSA) is 102 Å². The van der Waals surface area contributed by atoms with Crippen LogP contribution < -0.4 is 16.4 Å². The molecule has 1 unspecified atom stereocenters. The van der Waals surface area contributed by atoms with Gasteiger partial charge in [-0.2, -0.15) is 0 Å². The van der Waals surface area contributed by atoms with E-state index in [4.69, 9.17) is 10.7 Å². The van der Waals surface area contributed by atoms with E-state index >= 15 is 0 Å². The maximum atomic E-state index is 13.3. The number of hydrogen-bond donors (Lipinski definition) is 3. The van der Waals surface area contributed by atoms with Gasteiger partial charge in [0.05, 0.1) is 12.1 Å². The Morgan fingerprint density at radius 3 is 2.62 bits per heavy atom. The first kappa shape index (κ1) is 25.0. The molecule has 2 atom stereocenters. The molecule has 0 bridgehead atoms. The van der Waals surface area contributed by atoms with Crippen molar-refractivity contribution in [3.05, 3.63) is 76.4 Å². The number of nitrogens with two attached hydrogens (primary N) is 1. The largest absolute Gasteiger partial charge is 0.344 e. The summed E-state index contributed by atoms with van der Waals surface area (Å²) in [6.07, 6.45) is 5.10. The van der Waals surface area contributed by atoms with Gasteiger partial charge in [0.2, 0.25) is 11.8 Å². The molecule has 4 aromatic rings. The Hall–Kier alpha value is -3.63. The van der Waals surface area contributed by atoms with Crippen LogP contribution in [-0.2, 0) is 22.4 Å². The Morgan fingerprint density at radius 2 is 1.92 bits per heavy atom. The lowest BCUT2D eigenvalue weighted by molar-refractivity contribution is -0.125. The van der Waals surface area contributed by atoms with Crippen LogP contribution in [0.3, 0.4) is 0 Å². The molecule has 1 aliphatic rings. The Kier molecular flexibility index (Phi) is 7.03. The number of amides is 2. The lowest BCUT2D eigenvalue weighted by atomic mass is 9.92. The molecule has 0 saturated carbocycles. The van der Waals surface area contributed by atoms with Crippen LogP contribution in [0.15, 0.2) is 48.7 Å².